The van der Waals surface area contributed by atoms with Crippen molar-refractivity contribution in [2.24, 2.45) is 11.7 Å². The van der Waals surface area contributed by atoms with Crippen LogP contribution >= 0.6 is 0 Å². The molecule has 0 aliphatic carbocycles. The fourth-order valence-electron chi connectivity index (χ4n) is 5.31. The lowest BCUT2D eigenvalue weighted by Crippen LogP contribution is -2.59. The molecule has 0 aromatic heterocycles. The molecule has 3 rings (SSSR count). The summed E-state index contributed by atoms with van der Waals surface area (Å²) in [5, 5.41) is 24.8. The summed E-state index contributed by atoms with van der Waals surface area (Å²) in [4.78, 5) is 67.6. The van der Waals surface area contributed by atoms with Gasteiger partial charge in [-0.1, -0.05) is 32.4 Å². The summed E-state index contributed by atoms with van der Waals surface area (Å²) < 4.78 is 0. The quantitative estimate of drug-likeness (QED) is 0.258. The lowest BCUT2D eigenvalue weighted by Gasteiger charge is -2.32. The van der Waals surface area contributed by atoms with E-state index in [4.69, 9.17) is 5.73 Å². The van der Waals surface area contributed by atoms with Crippen molar-refractivity contribution in [3.8, 4) is 5.75 Å². The number of carbonyl (C=O) groups is 5. The molecule has 0 spiro atoms. The second-order valence-electron chi connectivity index (χ2n) is 10.8. The van der Waals surface area contributed by atoms with Gasteiger partial charge in [0.2, 0.25) is 23.6 Å². The van der Waals surface area contributed by atoms with Crippen LogP contribution in [0.5, 0.6) is 5.75 Å². The van der Waals surface area contributed by atoms with Crippen LogP contribution in [0.15, 0.2) is 24.3 Å². The lowest BCUT2D eigenvalue weighted by atomic mass is 9.96. The van der Waals surface area contributed by atoms with E-state index < -0.39 is 53.9 Å². The van der Waals surface area contributed by atoms with Crippen molar-refractivity contribution < 1.29 is 34.2 Å². The maximum atomic E-state index is 13.7. The number of carbonyl (C=O) groups excluding carboxylic acids is 4. The van der Waals surface area contributed by atoms with E-state index in [0.717, 1.165) is 0 Å². The van der Waals surface area contributed by atoms with E-state index in [9.17, 15) is 34.2 Å². The number of nitrogens with one attached hydrogen (secondary N) is 2. The molecule has 0 saturated carbocycles. The summed E-state index contributed by atoms with van der Waals surface area (Å²) in [6, 6.07) is 1.61. The third kappa shape index (κ3) is 7.29. The molecule has 6 N–H and O–H groups in total. The number of aliphatic carboxylic acids is 1. The second-order valence-corrected chi connectivity index (χ2v) is 10.8. The molecule has 2 aliphatic rings. The van der Waals surface area contributed by atoms with E-state index >= 15 is 0 Å². The van der Waals surface area contributed by atoms with E-state index in [1.54, 1.807) is 26.0 Å². The van der Waals surface area contributed by atoms with Crippen molar-refractivity contribution in [1.29, 1.82) is 0 Å². The molecular formula is C28H41N5O7. The minimum Gasteiger partial charge on any atom is -0.508 e. The molecule has 6 atom stereocenters. The van der Waals surface area contributed by atoms with Crippen LogP contribution in [-0.2, 0) is 30.4 Å². The zero-order chi connectivity index (χ0) is 29.6. The first-order valence-corrected chi connectivity index (χ1v) is 13.9. The Morgan fingerprint density at radius 2 is 1.52 bits per heavy atom. The lowest BCUT2D eigenvalue weighted by molar-refractivity contribution is -0.150. The van der Waals surface area contributed by atoms with E-state index in [0.29, 0.717) is 44.2 Å². The normalized spacial score (nSPS) is 21.8. The monoisotopic (exact) mass is 559 g/mol. The van der Waals surface area contributed by atoms with E-state index in [2.05, 4.69) is 10.6 Å². The Morgan fingerprint density at radius 3 is 2.08 bits per heavy atom. The van der Waals surface area contributed by atoms with Crippen LogP contribution < -0.4 is 16.4 Å². The number of phenolic OH excluding ortho intramolecular Hbond substituents is 1. The molecule has 0 bridgehead atoms. The molecule has 1 aromatic rings. The van der Waals surface area contributed by atoms with Crippen LogP contribution in [0, 0.1) is 5.92 Å². The van der Waals surface area contributed by atoms with Crippen molar-refractivity contribution >= 4 is 29.6 Å². The van der Waals surface area contributed by atoms with Gasteiger partial charge in [0.15, 0.2) is 0 Å². The van der Waals surface area contributed by atoms with Gasteiger partial charge in [0.05, 0.1) is 6.04 Å². The SMILES string of the molecule is CC[C@H](C)[C@H](NC(=O)[C@H](Cc1ccc(O)cc1)NC(=O)[C@@H]1CCCN1C(=O)[C@H](C)N)C(=O)N1CCC[C@H]1C(=O)O. The van der Waals surface area contributed by atoms with Gasteiger partial charge < -0.3 is 36.4 Å². The topological polar surface area (TPSA) is 182 Å². The average molecular weight is 560 g/mol. The number of carboxylic acid groups (broad SMARTS) is 1. The Kier molecular flexibility index (Phi) is 10.5. The molecule has 12 nitrogen and oxygen atoms in total. The van der Waals surface area contributed by atoms with Gasteiger partial charge in [-0.05, 0) is 56.2 Å². The zero-order valence-electron chi connectivity index (χ0n) is 23.3. The maximum Gasteiger partial charge on any atom is 0.326 e. The summed E-state index contributed by atoms with van der Waals surface area (Å²) in [7, 11) is 0. The van der Waals surface area contributed by atoms with Gasteiger partial charge in [-0.25, -0.2) is 4.79 Å². The first-order valence-electron chi connectivity index (χ1n) is 13.9. The molecule has 2 fully saturated rings. The van der Waals surface area contributed by atoms with E-state index in [1.165, 1.54) is 21.9 Å². The highest BCUT2D eigenvalue weighted by atomic mass is 16.4. The van der Waals surface area contributed by atoms with Crippen molar-refractivity contribution in [3.05, 3.63) is 29.8 Å². The molecule has 40 heavy (non-hydrogen) atoms. The number of rotatable bonds is 11. The Morgan fingerprint density at radius 1 is 0.950 bits per heavy atom. The fourth-order valence-corrected chi connectivity index (χ4v) is 5.31. The molecule has 0 radical (unpaired) electrons. The number of carboxylic acids is 1. The number of hydrogen-bond acceptors (Lipinski definition) is 7. The van der Waals surface area contributed by atoms with Crippen molar-refractivity contribution in [3.63, 3.8) is 0 Å². The molecule has 2 saturated heterocycles. The number of nitrogens with two attached hydrogens (primary N) is 1. The minimum atomic E-state index is -1.10. The molecular weight excluding hydrogens is 518 g/mol. The van der Waals surface area contributed by atoms with Gasteiger partial charge in [0.25, 0.3) is 0 Å². The first-order chi connectivity index (χ1) is 18.9. The third-order valence-electron chi connectivity index (χ3n) is 7.83. The molecule has 2 aliphatic heterocycles. The number of likely N-dealkylation sites (tertiary alicyclic amines) is 2. The molecule has 0 unspecified atom stereocenters. The van der Waals surface area contributed by atoms with Crippen molar-refractivity contribution in [2.75, 3.05) is 13.1 Å². The molecule has 220 valence electrons. The molecule has 4 amide bonds. The minimum absolute atomic E-state index is 0.0471. The first kappa shape index (κ1) is 30.9. The molecule has 1 aromatic carbocycles. The number of hydrogen-bond donors (Lipinski definition) is 5. The predicted molar refractivity (Wildman–Crippen MR) is 146 cm³/mol. The van der Waals surface area contributed by atoms with Gasteiger partial charge in [-0.2, -0.15) is 0 Å². The number of amides is 4. The summed E-state index contributed by atoms with van der Waals surface area (Å²) in [5.41, 5.74) is 6.42. The third-order valence-corrected chi connectivity index (χ3v) is 7.83. The Balaban J connectivity index is 1.84. The second kappa shape index (κ2) is 13.6. The summed E-state index contributed by atoms with van der Waals surface area (Å²) >= 11 is 0. The fraction of sp³-hybridized carbons (Fsp3) is 0.607. The predicted octanol–water partition coefficient (Wildman–Crippen LogP) is 0.364. The van der Waals surface area contributed by atoms with Gasteiger partial charge in [0, 0.05) is 19.5 Å². The highest BCUT2D eigenvalue weighted by molar-refractivity contribution is 5.96. The van der Waals surface area contributed by atoms with Crippen LogP contribution in [0.1, 0.15) is 58.4 Å². The number of aromatic hydroxyl groups is 1. The van der Waals surface area contributed by atoms with Crippen LogP contribution in [0.3, 0.4) is 0 Å². The van der Waals surface area contributed by atoms with Crippen LogP contribution in [0.25, 0.3) is 0 Å². The standard InChI is InChI=1S/C28H41N5O7/c1-4-16(2)23(27(38)33-14-6-8-22(33)28(39)40)31-24(35)20(15-18-9-11-19(34)12-10-18)30-25(36)21-7-5-13-32(21)26(37)17(3)29/h9-12,16-17,20-23,34H,4-8,13-15,29H2,1-3H3,(H,30,36)(H,31,35)(H,39,40)/t16-,17-,20-,21-,22-,23-/m0/s1. The van der Waals surface area contributed by atoms with Crippen LogP contribution in [-0.4, -0.2) is 92.9 Å². The average Bonchev–Trinajstić information content (AvgIpc) is 3.61. The Hall–Kier alpha value is -3.67. The summed E-state index contributed by atoms with van der Waals surface area (Å²) in [6.45, 7) is 5.90. The highest BCUT2D eigenvalue weighted by Gasteiger charge is 2.41. The highest BCUT2D eigenvalue weighted by Crippen LogP contribution is 2.22. The van der Waals surface area contributed by atoms with Crippen LogP contribution in [0.4, 0.5) is 0 Å². The van der Waals surface area contributed by atoms with Gasteiger partial charge in [0.1, 0.15) is 29.9 Å². The molecule has 2 heterocycles. The van der Waals surface area contributed by atoms with Crippen molar-refractivity contribution in [1.82, 2.24) is 20.4 Å². The summed E-state index contributed by atoms with van der Waals surface area (Å²) in [6.07, 6.45) is 2.57. The van der Waals surface area contributed by atoms with Gasteiger partial charge in [-0.15, -0.1) is 0 Å². The Bertz CT molecular complexity index is 1090. The van der Waals surface area contributed by atoms with Gasteiger partial charge >= 0.3 is 5.97 Å². The van der Waals surface area contributed by atoms with E-state index in [1.807, 2.05) is 6.92 Å². The number of benzene rings is 1. The Labute approximate surface area is 234 Å². The smallest absolute Gasteiger partial charge is 0.326 e. The van der Waals surface area contributed by atoms with Crippen molar-refractivity contribution in [2.45, 2.75) is 89.5 Å². The largest absolute Gasteiger partial charge is 0.508 e. The summed E-state index contributed by atoms with van der Waals surface area (Å²) in [5.74, 6) is -3.25. The maximum absolute atomic E-state index is 13.7. The van der Waals surface area contributed by atoms with Crippen LogP contribution in [0.2, 0.25) is 0 Å². The molecule has 12 heteroatoms. The van der Waals surface area contributed by atoms with Gasteiger partial charge in [-0.3, -0.25) is 19.2 Å². The number of phenols is 1. The van der Waals surface area contributed by atoms with E-state index in [-0.39, 0.29) is 30.5 Å². The zero-order valence-corrected chi connectivity index (χ0v) is 23.3. The number of nitrogens with zero attached hydrogens (tertiary/aromatic N) is 2.